The SMILES string of the molecule is CCC1CCCC(CC)C1N=C(C)C1CC(C)CC(C(CCCO[Si](C)(C)C)=NC2C(CC)CCCC2CC)N1. The van der Waals surface area contributed by atoms with Crippen LogP contribution in [0.15, 0.2) is 9.98 Å². The van der Waals surface area contributed by atoms with Crippen molar-refractivity contribution < 1.29 is 4.43 Å². The van der Waals surface area contributed by atoms with Gasteiger partial charge in [0.15, 0.2) is 8.32 Å². The van der Waals surface area contributed by atoms with E-state index in [9.17, 15) is 0 Å². The van der Waals surface area contributed by atoms with Gasteiger partial charge < -0.3 is 9.74 Å². The molecule has 2 aliphatic carbocycles. The number of nitrogens with zero attached hydrogens (tertiary/aromatic N) is 2. The molecule has 232 valence electrons. The molecule has 3 fully saturated rings. The number of piperidine rings is 1. The summed E-state index contributed by atoms with van der Waals surface area (Å²) < 4.78 is 6.29. The van der Waals surface area contributed by atoms with E-state index in [1.165, 1.54) is 88.5 Å². The molecule has 3 rings (SSSR count). The Kier molecular flexibility index (Phi) is 13.9. The lowest BCUT2D eigenvalue weighted by Gasteiger charge is -2.40. The zero-order chi connectivity index (χ0) is 29.3. The van der Waals surface area contributed by atoms with Crippen LogP contribution >= 0.6 is 0 Å². The van der Waals surface area contributed by atoms with Gasteiger partial charge in [0.1, 0.15) is 0 Å². The van der Waals surface area contributed by atoms with Crippen molar-refractivity contribution in [2.24, 2.45) is 39.6 Å². The first-order valence-electron chi connectivity index (χ1n) is 17.6. The van der Waals surface area contributed by atoms with Crippen LogP contribution in [0.4, 0.5) is 0 Å². The molecule has 7 atom stereocenters. The van der Waals surface area contributed by atoms with Crippen molar-refractivity contribution in [1.82, 2.24) is 5.32 Å². The van der Waals surface area contributed by atoms with Crippen molar-refractivity contribution in [3.63, 3.8) is 0 Å². The molecule has 4 nitrogen and oxygen atoms in total. The summed E-state index contributed by atoms with van der Waals surface area (Å²) in [6.45, 7) is 22.1. The lowest BCUT2D eigenvalue weighted by atomic mass is 9.74. The molecule has 0 aromatic carbocycles. The van der Waals surface area contributed by atoms with E-state index in [4.69, 9.17) is 14.4 Å². The van der Waals surface area contributed by atoms with Gasteiger partial charge >= 0.3 is 0 Å². The molecule has 0 radical (unpaired) electrons. The van der Waals surface area contributed by atoms with Crippen LogP contribution in [0.3, 0.4) is 0 Å². The van der Waals surface area contributed by atoms with E-state index in [1.54, 1.807) is 0 Å². The fraction of sp³-hybridized carbons (Fsp3) is 0.943. The second kappa shape index (κ2) is 16.4. The maximum absolute atomic E-state index is 6.29. The van der Waals surface area contributed by atoms with Gasteiger partial charge in [-0.1, -0.05) is 73.1 Å². The third-order valence-electron chi connectivity index (χ3n) is 10.7. The van der Waals surface area contributed by atoms with Crippen LogP contribution in [0.2, 0.25) is 19.6 Å². The van der Waals surface area contributed by atoms with Crippen molar-refractivity contribution in [2.75, 3.05) is 6.61 Å². The summed E-state index contributed by atoms with van der Waals surface area (Å²) >= 11 is 0. The van der Waals surface area contributed by atoms with Gasteiger partial charge in [-0.25, -0.2) is 0 Å². The molecule has 0 bridgehead atoms. The third-order valence-corrected chi connectivity index (χ3v) is 11.8. The van der Waals surface area contributed by atoms with E-state index in [0.717, 1.165) is 43.1 Å². The predicted molar refractivity (Wildman–Crippen MR) is 179 cm³/mol. The van der Waals surface area contributed by atoms with Gasteiger partial charge in [0.25, 0.3) is 0 Å². The van der Waals surface area contributed by atoms with Crippen molar-refractivity contribution in [1.29, 1.82) is 0 Å². The minimum atomic E-state index is -1.49. The van der Waals surface area contributed by atoms with Crippen LogP contribution in [0, 0.1) is 29.6 Å². The molecular weight excluding hydrogens is 506 g/mol. The second-order valence-electron chi connectivity index (χ2n) is 14.8. The van der Waals surface area contributed by atoms with E-state index >= 15 is 0 Å². The van der Waals surface area contributed by atoms with Gasteiger partial charge in [0, 0.05) is 30.1 Å². The van der Waals surface area contributed by atoms with Crippen LogP contribution in [0.25, 0.3) is 0 Å². The first-order chi connectivity index (χ1) is 19.1. The number of nitrogens with one attached hydrogen (secondary N) is 1. The molecule has 1 aliphatic heterocycles. The van der Waals surface area contributed by atoms with E-state index < -0.39 is 8.32 Å². The Balaban J connectivity index is 1.84. The van der Waals surface area contributed by atoms with Crippen LogP contribution in [0.5, 0.6) is 0 Å². The van der Waals surface area contributed by atoms with Crippen LogP contribution < -0.4 is 5.32 Å². The highest BCUT2D eigenvalue weighted by atomic mass is 28.4. The summed E-state index contributed by atoms with van der Waals surface area (Å²) in [5.74, 6) is 3.70. The predicted octanol–water partition coefficient (Wildman–Crippen LogP) is 9.49. The summed E-state index contributed by atoms with van der Waals surface area (Å²) in [5.41, 5.74) is 2.81. The lowest BCUT2D eigenvalue weighted by molar-refractivity contribution is 0.209. The van der Waals surface area contributed by atoms with Crippen molar-refractivity contribution >= 4 is 19.7 Å². The molecule has 1 saturated heterocycles. The molecule has 5 heteroatoms. The number of rotatable bonds is 13. The Morgan fingerprint density at radius 1 is 0.750 bits per heavy atom. The van der Waals surface area contributed by atoms with E-state index in [1.807, 2.05) is 0 Å². The highest BCUT2D eigenvalue weighted by molar-refractivity contribution is 6.69. The Morgan fingerprint density at radius 3 is 1.70 bits per heavy atom. The topological polar surface area (TPSA) is 46.0 Å². The summed E-state index contributed by atoms with van der Waals surface area (Å²) in [4.78, 5) is 11.3. The Labute approximate surface area is 250 Å². The fourth-order valence-electron chi connectivity index (χ4n) is 8.22. The minimum absolute atomic E-state index is 0.373. The summed E-state index contributed by atoms with van der Waals surface area (Å²) in [5, 5.41) is 4.16. The van der Waals surface area contributed by atoms with E-state index in [0.29, 0.717) is 30.1 Å². The van der Waals surface area contributed by atoms with Crippen LogP contribution in [-0.4, -0.2) is 50.5 Å². The van der Waals surface area contributed by atoms with Gasteiger partial charge in [-0.05, 0) is 108 Å². The van der Waals surface area contributed by atoms with Crippen molar-refractivity contribution in [2.45, 2.75) is 175 Å². The summed E-state index contributed by atoms with van der Waals surface area (Å²) in [7, 11) is -1.49. The largest absolute Gasteiger partial charge is 0.418 e. The first kappa shape index (κ1) is 34.0. The van der Waals surface area contributed by atoms with Gasteiger partial charge in [0.05, 0.1) is 12.1 Å². The number of hydrogen-bond acceptors (Lipinski definition) is 4. The molecule has 1 N–H and O–H groups in total. The third kappa shape index (κ3) is 9.76. The zero-order valence-corrected chi connectivity index (χ0v) is 29.1. The average Bonchev–Trinajstić information content (AvgIpc) is 2.93. The first-order valence-corrected chi connectivity index (χ1v) is 21.0. The Hall–Kier alpha value is -0.523. The molecular formula is C35H67N3OSi. The van der Waals surface area contributed by atoms with Gasteiger partial charge in [-0.2, -0.15) is 0 Å². The maximum Gasteiger partial charge on any atom is 0.183 e. The standard InChI is InChI=1S/C35H67N3OSi/c1-10-27-17-14-18-28(11-2)34(27)36-26(6)32-23-25(5)24-33(37-32)31(21-16-22-39-40(7,8)9)38-35-29(12-3)19-15-20-30(35)13-4/h25,27-30,32-35,37H,10-24H2,1-9H3. The molecule has 1 heterocycles. The second-order valence-corrected chi connectivity index (χ2v) is 19.3. The number of aliphatic imine (C=N–C) groups is 2. The van der Waals surface area contributed by atoms with Gasteiger partial charge in [0.2, 0.25) is 0 Å². The smallest absolute Gasteiger partial charge is 0.183 e. The molecule has 0 spiro atoms. The summed E-state index contributed by atoms with van der Waals surface area (Å²) in [6.07, 6.45) is 17.8. The minimum Gasteiger partial charge on any atom is -0.418 e. The average molecular weight is 574 g/mol. The highest BCUT2D eigenvalue weighted by Gasteiger charge is 2.36. The highest BCUT2D eigenvalue weighted by Crippen LogP contribution is 2.38. The Bertz CT molecular complexity index is 781. The molecule has 0 aromatic heterocycles. The molecule has 0 amide bonds. The van der Waals surface area contributed by atoms with E-state index in [2.05, 4.69) is 66.5 Å². The molecule has 3 aliphatic rings. The van der Waals surface area contributed by atoms with Crippen LogP contribution in [0.1, 0.15) is 131 Å². The summed E-state index contributed by atoms with van der Waals surface area (Å²) in [6, 6.07) is 1.77. The van der Waals surface area contributed by atoms with Crippen LogP contribution in [-0.2, 0) is 4.43 Å². The normalized spacial score (nSPS) is 36.6. The molecule has 7 unspecified atom stereocenters. The van der Waals surface area contributed by atoms with Gasteiger partial charge in [-0.15, -0.1) is 0 Å². The van der Waals surface area contributed by atoms with Gasteiger partial charge in [-0.3, -0.25) is 9.98 Å². The fourth-order valence-corrected chi connectivity index (χ4v) is 8.98. The molecule has 2 saturated carbocycles. The molecule has 0 aromatic rings. The Morgan fingerprint density at radius 2 is 1.23 bits per heavy atom. The van der Waals surface area contributed by atoms with E-state index in [-0.39, 0.29) is 0 Å². The lowest BCUT2D eigenvalue weighted by Crippen LogP contribution is -2.53. The number of hydrogen-bond donors (Lipinski definition) is 1. The van der Waals surface area contributed by atoms with Crippen molar-refractivity contribution in [3.05, 3.63) is 0 Å². The maximum atomic E-state index is 6.29. The molecule has 40 heavy (non-hydrogen) atoms. The monoisotopic (exact) mass is 574 g/mol. The quantitative estimate of drug-likeness (QED) is 0.135. The van der Waals surface area contributed by atoms with Crippen molar-refractivity contribution in [3.8, 4) is 0 Å². The zero-order valence-electron chi connectivity index (χ0n) is 28.1.